The van der Waals surface area contributed by atoms with E-state index in [1.165, 1.54) is 11.1 Å². The van der Waals surface area contributed by atoms with Gasteiger partial charge in [-0.15, -0.1) is 0 Å². The highest BCUT2D eigenvalue weighted by Gasteiger charge is 1.83. The van der Waals surface area contributed by atoms with Crippen LogP contribution in [0, 0.1) is 0 Å². The van der Waals surface area contributed by atoms with Crippen molar-refractivity contribution in [2.75, 3.05) is 0 Å². The zero-order chi connectivity index (χ0) is 7.40. The molecule has 0 fully saturated rings. The molecule has 0 aromatic carbocycles. The molecule has 1 heterocycles. The summed E-state index contributed by atoms with van der Waals surface area (Å²) in [5.74, 6) is 0. The van der Waals surface area contributed by atoms with E-state index in [0.717, 1.165) is 0 Å². The van der Waals surface area contributed by atoms with Crippen LogP contribution in [0.25, 0.3) is 0 Å². The first-order valence-electron chi connectivity index (χ1n) is 3.34. The lowest BCUT2D eigenvalue weighted by atomic mass is 10.2. The SMILES string of the molecule is CC1=C/N=C\C(C)=C\C=C\1. The summed E-state index contributed by atoms with van der Waals surface area (Å²) in [6.07, 6.45) is 9.83. The first kappa shape index (κ1) is 7.00. The van der Waals surface area contributed by atoms with Crippen molar-refractivity contribution in [3.8, 4) is 0 Å². The van der Waals surface area contributed by atoms with Crippen molar-refractivity contribution in [2.24, 2.45) is 4.99 Å². The van der Waals surface area contributed by atoms with Crippen molar-refractivity contribution in [3.63, 3.8) is 0 Å². The van der Waals surface area contributed by atoms with Crippen molar-refractivity contribution in [1.82, 2.24) is 0 Å². The van der Waals surface area contributed by atoms with E-state index in [9.17, 15) is 0 Å². The molecular formula is C9H11N. The fourth-order valence-electron chi connectivity index (χ4n) is 0.710. The largest absolute Gasteiger partial charge is 0.264 e. The molecule has 52 valence electrons. The van der Waals surface area contributed by atoms with Gasteiger partial charge in [-0.05, 0) is 25.0 Å². The van der Waals surface area contributed by atoms with Gasteiger partial charge in [-0.3, -0.25) is 4.99 Å². The molecule has 0 amide bonds. The third-order valence-corrected chi connectivity index (χ3v) is 1.27. The number of allylic oxidation sites excluding steroid dienone is 5. The van der Waals surface area contributed by atoms with Crippen LogP contribution in [0.1, 0.15) is 13.8 Å². The number of rotatable bonds is 0. The van der Waals surface area contributed by atoms with Crippen LogP contribution in [0.4, 0.5) is 0 Å². The molecule has 1 aliphatic heterocycles. The molecule has 0 saturated carbocycles. The van der Waals surface area contributed by atoms with Gasteiger partial charge in [0.2, 0.25) is 0 Å². The van der Waals surface area contributed by atoms with Crippen LogP contribution in [0.15, 0.2) is 40.6 Å². The van der Waals surface area contributed by atoms with Gasteiger partial charge >= 0.3 is 0 Å². The van der Waals surface area contributed by atoms with E-state index in [-0.39, 0.29) is 0 Å². The quantitative estimate of drug-likeness (QED) is 0.481. The Morgan fingerprint density at radius 3 is 2.80 bits per heavy atom. The molecule has 0 aliphatic carbocycles. The molecular weight excluding hydrogens is 122 g/mol. The van der Waals surface area contributed by atoms with Crippen molar-refractivity contribution in [3.05, 3.63) is 35.6 Å². The lowest BCUT2D eigenvalue weighted by Gasteiger charge is -1.92. The summed E-state index contributed by atoms with van der Waals surface area (Å²) >= 11 is 0. The second kappa shape index (κ2) is 3.16. The zero-order valence-electron chi connectivity index (χ0n) is 6.33. The Morgan fingerprint density at radius 2 is 2.00 bits per heavy atom. The molecule has 1 aliphatic rings. The summed E-state index contributed by atoms with van der Waals surface area (Å²) < 4.78 is 0. The maximum absolute atomic E-state index is 4.09. The Hall–Kier alpha value is -1.11. The van der Waals surface area contributed by atoms with Gasteiger partial charge in [0.1, 0.15) is 0 Å². The highest BCUT2D eigenvalue weighted by Crippen LogP contribution is 2.00. The third kappa shape index (κ3) is 2.02. The second-order valence-corrected chi connectivity index (χ2v) is 2.42. The Labute approximate surface area is 61.5 Å². The van der Waals surface area contributed by atoms with Gasteiger partial charge in [0.25, 0.3) is 0 Å². The molecule has 0 spiro atoms. The first-order chi connectivity index (χ1) is 4.79. The Bertz CT molecular complexity index is 203. The van der Waals surface area contributed by atoms with Gasteiger partial charge in [-0.1, -0.05) is 18.2 Å². The summed E-state index contributed by atoms with van der Waals surface area (Å²) in [6, 6.07) is 0. The normalized spacial score (nSPS) is 34.2. The smallest absolute Gasteiger partial charge is 0.0297 e. The van der Waals surface area contributed by atoms with E-state index in [1.807, 2.05) is 44.5 Å². The Balaban J connectivity index is 2.84. The standard InChI is InChI=1S/C9H11N/c1-8-4-3-5-9(2)7-10-6-8/h3-7H,1-2H3/b4-3+,5-3?,8-4?,8-6-,9-5+,9-7?,10-6?,10-7-. The molecule has 1 rings (SSSR count). The second-order valence-electron chi connectivity index (χ2n) is 2.42. The van der Waals surface area contributed by atoms with Crippen LogP contribution < -0.4 is 0 Å². The summed E-state index contributed by atoms with van der Waals surface area (Å²) in [7, 11) is 0. The molecule has 0 N–H and O–H groups in total. The molecule has 0 saturated heterocycles. The van der Waals surface area contributed by atoms with Crippen LogP contribution in [0.3, 0.4) is 0 Å². The fourth-order valence-corrected chi connectivity index (χ4v) is 0.710. The Kier molecular flexibility index (Phi) is 2.21. The number of hydrogen-bond donors (Lipinski definition) is 0. The monoisotopic (exact) mass is 133 g/mol. The zero-order valence-corrected chi connectivity index (χ0v) is 6.33. The van der Waals surface area contributed by atoms with Crippen LogP contribution in [-0.2, 0) is 0 Å². The third-order valence-electron chi connectivity index (χ3n) is 1.27. The molecule has 0 bridgehead atoms. The molecule has 0 unspecified atom stereocenters. The van der Waals surface area contributed by atoms with Crippen molar-refractivity contribution < 1.29 is 0 Å². The average Bonchev–Trinajstić information content (AvgIpc) is 1.84. The fraction of sp³-hybridized carbons (Fsp3) is 0.222. The van der Waals surface area contributed by atoms with Gasteiger partial charge in [0.15, 0.2) is 0 Å². The molecule has 10 heavy (non-hydrogen) atoms. The van der Waals surface area contributed by atoms with Crippen LogP contribution in [-0.4, -0.2) is 6.21 Å². The minimum absolute atomic E-state index is 1.18. The molecule has 0 aromatic heterocycles. The summed E-state index contributed by atoms with van der Waals surface area (Å²) in [6.45, 7) is 4.06. The van der Waals surface area contributed by atoms with Gasteiger partial charge < -0.3 is 0 Å². The average molecular weight is 133 g/mol. The van der Waals surface area contributed by atoms with E-state index < -0.39 is 0 Å². The first-order valence-corrected chi connectivity index (χ1v) is 3.34. The minimum Gasteiger partial charge on any atom is -0.264 e. The summed E-state index contributed by atoms with van der Waals surface area (Å²) in [5, 5.41) is 0. The van der Waals surface area contributed by atoms with Crippen molar-refractivity contribution in [1.29, 1.82) is 0 Å². The van der Waals surface area contributed by atoms with Gasteiger partial charge in [-0.25, -0.2) is 0 Å². The van der Waals surface area contributed by atoms with E-state index in [4.69, 9.17) is 0 Å². The van der Waals surface area contributed by atoms with Gasteiger partial charge in [-0.2, -0.15) is 0 Å². The van der Waals surface area contributed by atoms with Crippen LogP contribution in [0.2, 0.25) is 0 Å². The van der Waals surface area contributed by atoms with Crippen molar-refractivity contribution >= 4 is 6.21 Å². The minimum atomic E-state index is 1.18. The number of aliphatic imine (C=N–C) groups is 1. The maximum atomic E-state index is 4.09. The summed E-state index contributed by atoms with van der Waals surface area (Å²) in [5.41, 5.74) is 2.36. The lowest BCUT2D eigenvalue weighted by Crippen LogP contribution is -1.78. The maximum Gasteiger partial charge on any atom is 0.0297 e. The lowest BCUT2D eigenvalue weighted by molar-refractivity contribution is 1.41. The van der Waals surface area contributed by atoms with E-state index in [0.29, 0.717) is 0 Å². The van der Waals surface area contributed by atoms with Crippen LogP contribution >= 0.6 is 0 Å². The van der Waals surface area contributed by atoms with E-state index in [2.05, 4.69) is 4.99 Å². The predicted molar refractivity (Wildman–Crippen MR) is 45.1 cm³/mol. The van der Waals surface area contributed by atoms with Crippen LogP contribution in [0.5, 0.6) is 0 Å². The van der Waals surface area contributed by atoms with Gasteiger partial charge in [0.05, 0.1) is 0 Å². The topological polar surface area (TPSA) is 12.4 Å². The highest BCUT2D eigenvalue weighted by atomic mass is 14.7. The van der Waals surface area contributed by atoms with Gasteiger partial charge in [0, 0.05) is 12.4 Å². The van der Waals surface area contributed by atoms with Crippen molar-refractivity contribution in [2.45, 2.75) is 13.8 Å². The molecule has 1 nitrogen and oxygen atoms in total. The highest BCUT2D eigenvalue weighted by molar-refractivity contribution is 5.78. The molecule has 0 atom stereocenters. The van der Waals surface area contributed by atoms with E-state index in [1.54, 1.807) is 0 Å². The van der Waals surface area contributed by atoms with E-state index >= 15 is 0 Å². The molecule has 0 radical (unpaired) electrons. The number of hydrogen-bond acceptors (Lipinski definition) is 1. The molecule has 1 heteroatoms. The number of nitrogens with zero attached hydrogens (tertiary/aromatic N) is 1. The summed E-state index contributed by atoms with van der Waals surface area (Å²) in [4.78, 5) is 4.09. The molecule has 0 aromatic rings. The predicted octanol–water partition coefficient (Wildman–Crippen LogP) is 2.48. The Morgan fingerprint density at radius 1 is 1.20 bits per heavy atom.